The number of carbonyl (C=O) groups is 1. The Labute approximate surface area is 177 Å². The molecule has 0 atom stereocenters. The highest BCUT2D eigenvalue weighted by Gasteiger charge is 2.31. The number of hydrogen-bond acceptors (Lipinski definition) is 4. The van der Waals surface area contributed by atoms with Gasteiger partial charge in [-0.25, -0.2) is 4.98 Å². The zero-order chi connectivity index (χ0) is 21.3. The average molecular weight is 449 g/mol. The number of aromatic nitrogens is 1. The molecule has 1 N–H and O–H groups in total. The van der Waals surface area contributed by atoms with E-state index < -0.39 is 17.6 Å². The highest BCUT2D eigenvalue weighted by atomic mass is 35.5. The van der Waals surface area contributed by atoms with Crippen LogP contribution in [0.25, 0.3) is 10.2 Å². The maximum Gasteiger partial charge on any atom is 0.416 e. The minimum atomic E-state index is -4.50. The SMILES string of the molecule is O=C(Nc1nc2ccccc2s1)c1cccc(Oc2ccc(C(F)(F)F)cc2Cl)c1. The Hall–Kier alpha value is -3.10. The highest BCUT2D eigenvalue weighted by molar-refractivity contribution is 7.22. The minimum Gasteiger partial charge on any atom is -0.456 e. The lowest BCUT2D eigenvalue weighted by atomic mass is 10.2. The van der Waals surface area contributed by atoms with Gasteiger partial charge in [-0.15, -0.1) is 0 Å². The topological polar surface area (TPSA) is 51.2 Å². The molecule has 30 heavy (non-hydrogen) atoms. The number of thiazole rings is 1. The Balaban J connectivity index is 1.51. The molecule has 0 saturated carbocycles. The third-order valence-corrected chi connectivity index (χ3v) is 5.34. The van der Waals surface area contributed by atoms with Gasteiger partial charge in [-0.3, -0.25) is 10.1 Å². The average Bonchev–Trinajstić information content (AvgIpc) is 3.11. The summed E-state index contributed by atoms with van der Waals surface area (Å²) in [4.78, 5) is 16.9. The maximum absolute atomic E-state index is 12.8. The first-order valence-corrected chi connectivity index (χ1v) is 9.80. The first-order valence-electron chi connectivity index (χ1n) is 8.61. The predicted octanol–water partition coefficient (Wildman–Crippen LogP) is 7.01. The second-order valence-electron chi connectivity index (χ2n) is 6.21. The van der Waals surface area contributed by atoms with E-state index in [1.165, 1.54) is 17.4 Å². The van der Waals surface area contributed by atoms with Gasteiger partial charge in [0.1, 0.15) is 11.5 Å². The molecule has 0 saturated heterocycles. The van der Waals surface area contributed by atoms with Gasteiger partial charge in [-0.2, -0.15) is 13.2 Å². The number of alkyl halides is 3. The second kappa shape index (κ2) is 7.97. The summed E-state index contributed by atoms with van der Waals surface area (Å²) in [5.74, 6) is -0.0833. The van der Waals surface area contributed by atoms with Crippen molar-refractivity contribution in [1.29, 1.82) is 0 Å². The smallest absolute Gasteiger partial charge is 0.416 e. The Morgan fingerprint density at radius 1 is 1.03 bits per heavy atom. The molecule has 1 amide bonds. The number of rotatable bonds is 4. The quantitative estimate of drug-likeness (QED) is 0.365. The van der Waals surface area contributed by atoms with Crippen LogP contribution < -0.4 is 10.1 Å². The van der Waals surface area contributed by atoms with Gasteiger partial charge in [0.2, 0.25) is 0 Å². The monoisotopic (exact) mass is 448 g/mol. The number of carbonyl (C=O) groups excluding carboxylic acids is 1. The van der Waals surface area contributed by atoms with Crippen LogP contribution in [-0.4, -0.2) is 10.9 Å². The number of ether oxygens (including phenoxy) is 1. The zero-order valence-corrected chi connectivity index (χ0v) is 16.6. The summed E-state index contributed by atoms with van der Waals surface area (Å²) in [6.07, 6.45) is -4.50. The van der Waals surface area contributed by atoms with Crippen molar-refractivity contribution < 1.29 is 22.7 Å². The molecule has 0 aliphatic heterocycles. The van der Waals surface area contributed by atoms with Crippen molar-refractivity contribution in [2.24, 2.45) is 0 Å². The molecular formula is C21H12ClF3N2O2S. The molecule has 1 heterocycles. The number of halogens is 4. The van der Waals surface area contributed by atoms with E-state index in [2.05, 4.69) is 10.3 Å². The lowest BCUT2D eigenvalue weighted by Gasteiger charge is -2.11. The molecule has 9 heteroatoms. The van der Waals surface area contributed by atoms with Gasteiger partial charge >= 0.3 is 6.18 Å². The summed E-state index contributed by atoms with van der Waals surface area (Å²) < 4.78 is 44.8. The largest absolute Gasteiger partial charge is 0.456 e. The molecule has 152 valence electrons. The van der Waals surface area contributed by atoms with Crippen molar-refractivity contribution in [1.82, 2.24) is 4.98 Å². The van der Waals surface area contributed by atoms with Crippen molar-refractivity contribution in [2.45, 2.75) is 6.18 Å². The van der Waals surface area contributed by atoms with Crippen LogP contribution in [-0.2, 0) is 6.18 Å². The Bertz CT molecular complexity index is 1210. The summed E-state index contributed by atoms with van der Waals surface area (Å²) >= 11 is 7.27. The lowest BCUT2D eigenvalue weighted by molar-refractivity contribution is -0.137. The van der Waals surface area contributed by atoms with Gasteiger partial charge in [-0.05, 0) is 48.5 Å². The van der Waals surface area contributed by atoms with Gasteiger partial charge in [0.25, 0.3) is 5.91 Å². The molecule has 4 rings (SSSR count). The lowest BCUT2D eigenvalue weighted by Crippen LogP contribution is -2.11. The predicted molar refractivity (Wildman–Crippen MR) is 111 cm³/mol. The number of amides is 1. The van der Waals surface area contributed by atoms with Crippen LogP contribution in [0.2, 0.25) is 5.02 Å². The van der Waals surface area contributed by atoms with E-state index in [0.717, 1.165) is 28.4 Å². The fourth-order valence-corrected chi connectivity index (χ4v) is 3.76. The normalized spacial score (nSPS) is 11.5. The van der Waals surface area contributed by atoms with Crippen LogP contribution in [0, 0.1) is 0 Å². The highest BCUT2D eigenvalue weighted by Crippen LogP contribution is 2.36. The molecular weight excluding hydrogens is 437 g/mol. The number of para-hydroxylation sites is 1. The third kappa shape index (κ3) is 4.39. The standard InChI is InChI=1S/C21H12ClF3N2O2S/c22-15-11-13(21(23,24)25)8-9-17(15)29-14-5-3-4-12(10-14)19(28)27-20-26-16-6-1-2-7-18(16)30-20/h1-11H,(H,26,27,28). The summed E-state index contributed by atoms with van der Waals surface area (Å²) in [7, 11) is 0. The van der Waals surface area contributed by atoms with Crippen molar-refractivity contribution >= 4 is 44.2 Å². The van der Waals surface area contributed by atoms with Gasteiger partial charge in [0.15, 0.2) is 5.13 Å². The van der Waals surface area contributed by atoms with E-state index >= 15 is 0 Å². The summed E-state index contributed by atoms with van der Waals surface area (Å²) in [5.41, 5.74) is 0.213. The molecule has 0 spiro atoms. The molecule has 4 nitrogen and oxygen atoms in total. The number of benzene rings is 3. The zero-order valence-electron chi connectivity index (χ0n) is 15.0. The Morgan fingerprint density at radius 2 is 1.83 bits per heavy atom. The van der Waals surface area contributed by atoms with E-state index in [4.69, 9.17) is 16.3 Å². The van der Waals surface area contributed by atoms with E-state index in [1.54, 1.807) is 18.2 Å². The molecule has 0 radical (unpaired) electrons. The number of nitrogens with one attached hydrogen (secondary N) is 1. The van der Waals surface area contributed by atoms with E-state index in [-0.39, 0.29) is 16.5 Å². The van der Waals surface area contributed by atoms with Crippen LogP contribution in [0.5, 0.6) is 11.5 Å². The van der Waals surface area contributed by atoms with Crippen LogP contribution >= 0.6 is 22.9 Å². The fourth-order valence-electron chi connectivity index (χ4n) is 2.68. The first-order chi connectivity index (χ1) is 14.3. The van der Waals surface area contributed by atoms with Crippen molar-refractivity contribution in [3.63, 3.8) is 0 Å². The molecule has 0 unspecified atom stereocenters. The van der Waals surface area contributed by atoms with Crippen LogP contribution in [0.3, 0.4) is 0 Å². The molecule has 0 bridgehead atoms. The van der Waals surface area contributed by atoms with Crippen LogP contribution in [0.4, 0.5) is 18.3 Å². The molecule has 4 aromatic rings. The second-order valence-corrected chi connectivity index (χ2v) is 7.65. The number of anilines is 1. The molecule has 0 aliphatic rings. The molecule has 0 aliphatic carbocycles. The minimum absolute atomic E-state index is 0.0494. The van der Waals surface area contributed by atoms with Gasteiger partial charge in [-0.1, -0.05) is 41.1 Å². The van der Waals surface area contributed by atoms with Crippen LogP contribution in [0.1, 0.15) is 15.9 Å². The van der Waals surface area contributed by atoms with E-state index in [0.29, 0.717) is 10.7 Å². The van der Waals surface area contributed by atoms with Crippen molar-refractivity contribution in [3.05, 3.63) is 82.9 Å². The third-order valence-electron chi connectivity index (χ3n) is 4.10. The first kappa shape index (κ1) is 20.2. The Morgan fingerprint density at radius 3 is 2.57 bits per heavy atom. The summed E-state index contributed by atoms with van der Waals surface area (Å²) in [5, 5.41) is 3.01. The van der Waals surface area contributed by atoms with E-state index in [1.807, 2.05) is 24.3 Å². The van der Waals surface area contributed by atoms with Crippen molar-refractivity contribution in [2.75, 3.05) is 5.32 Å². The number of hydrogen-bond donors (Lipinski definition) is 1. The molecule has 0 fully saturated rings. The van der Waals surface area contributed by atoms with E-state index in [9.17, 15) is 18.0 Å². The molecule has 3 aromatic carbocycles. The number of fused-ring (bicyclic) bond motifs is 1. The molecule has 1 aromatic heterocycles. The van der Waals surface area contributed by atoms with Gasteiger partial charge in [0.05, 0.1) is 20.8 Å². The van der Waals surface area contributed by atoms with Gasteiger partial charge in [0, 0.05) is 5.56 Å². The van der Waals surface area contributed by atoms with Gasteiger partial charge < -0.3 is 4.74 Å². The summed E-state index contributed by atoms with van der Waals surface area (Å²) in [6.45, 7) is 0. The Kier molecular flexibility index (Phi) is 5.36. The fraction of sp³-hybridized carbons (Fsp3) is 0.0476. The summed E-state index contributed by atoms with van der Waals surface area (Å²) in [6, 6.07) is 16.5. The maximum atomic E-state index is 12.8. The van der Waals surface area contributed by atoms with Crippen molar-refractivity contribution in [3.8, 4) is 11.5 Å². The number of nitrogens with zero attached hydrogens (tertiary/aromatic N) is 1. The van der Waals surface area contributed by atoms with Crippen LogP contribution in [0.15, 0.2) is 66.7 Å².